The van der Waals surface area contributed by atoms with Gasteiger partial charge in [-0.25, -0.2) is 10.0 Å². The third-order valence-electron chi connectivity index (χ3n) is 3.71. The first-order valence-corrected chi connectivity index (χ1v) is 6.21. The first-order chi connectivity index (χ1) is 7.64. The van der Waals surface area contributed by atoms with Crippen molar-refractivity contribution in [3.05, 3.63) is 0 Å². The number of hydrogen-bond donors (Lipinski definition) is 1. The largest absolute Gasteiger partial charge is 0.379 e. The highest BCUT2D eigenvalue weighted by molar-refractivity contribution is 4.85. The summed E-state index contributed by atoms with van der Waals surface area (Å²) in [7, 11) is 4.14. The predicted octanol–water partition coefficient (Wildman–Crippen LogP) is -0.106. The van der Waals surface area contributed by atoms with Crippen molar-refractivity contribution >= 4 is 0 Å². The number of piperidine rings is 1. The second-order valence-electron chi connectivity index (χ2n) is 4.92. The molecule has 2 rings (SSSR count). The van der Waals surface area contributed by atoms with Crippen molar-refractivity contribution in [1.82, 2.24) is 14.9 Å². The van der Waals surface area contributed by atoms with Crippen LogP contribution in [-0.4, -0.2) is 67.6 Å². The minimum absolute atomic E-state index is 0.310. The second-order valence-corrected chi connectivity index (χ2v) is 4.92. The van der Waals surface area contributed by atoms with Gasteiger partial charge in [-0.3, -0.25) is 10.6 Å². The van der Waals surface area contributed by atoms with E-state index in [4.69, 9.17) is 10.5 Å². The molecule has 2 fully saturated rings. The molecule has 0 spiro atoms. The lowest BCUT2D eigenvalue weighted by atomic mass is 10.0. The Kier molecular flexibility index (Phi) is 3.81. The van der Waals surface area contributed by atoms with Gasteiger partial charge in [0.1, 0.15) is 5.79 Å². The molecule has 2 saturated heterocycles. The minimum atomic E-state index is -0.310. The van der Waals surface area contributed by atoms with Gasteiger partial charge >= 0.3 is 0 Å². The van der Waals surface area contributed by atoms with Gasteiger partial charge in [0.2, 0.25) is 0 Å². The van der Waals surface area contributed by atoms with Crippen LogP contribution in [0.2, 0.25) is 0 Å². The number of rotatable bonds is 2. The van der Waals surface area contributed by atoms with Gasteiger partial charge in [0.25, 0.3) is 0 Å². The van der Waals surface area contributed by atoms with Crippen LogP contribution in [-0.2, 0) is 4.74 Å². The highest BCUT2D eigenvalue weighted by atomic mass is 16.5. The zero-order valence-corrected chi connectivity index (χ0v) is 10.5. The van der Waals surface area contributed by atoms with Gasteiger partial charge in [-0.15, -0.1) is 0 Å². The van der Waals surface area contributed by atoms with Crippen molar-refractivity contribution in [2.24, 2.45) is 5.73 Å². The maximum Gasteiger partial charge on any atom is 0.138 e. The number of nitrogens with zero attached hydrogens (tertiary/aromatic N) is 3. The zero-order chi connectivity index (χ0) is 11.6. The third-order valence-corrected chi connectivity index (χ3v) is 3.71. The summed E-state index contributed by atoms with van der Waals surface area (Å²) in [6, 6.07) is 0. The van der Waals surface area contributed by atoms with Crippen molar-refractivity contribution in [3.63, 3.8) is 0 Å². The SMILES string of the molecule is CN(C)C1(N)CCCCN1N1CCOCC1. The minimum Gasteiger partial charge on any atom is -0.379 e. The van der Waals surface area contributed by atoms with E-state index in [-0.39, 0.29) is 5.79 Å². The van der Waals surface area contributed by atoms with Gasteiger partial charge < -0.3 is 4.74 Å². The molecule has 2 aliphatic heterocycles. The van der Waals surface area contributed by atoms with Crippen molar-refractivity contribution in [1.29, 1.82) is 0 Å². The Morgan fingerprint density at radius 2 is 1.81 bits per heavy atom. The maximum absolute atomic E-state index is 6.55. The fourth-order valence-corrected chi connectivity index (χ4v) is 2.61. The third kappa shape index (κ3) is 2.24. The van der Waals surface area contributed by atoms with Crippen molar-refractivity contribution < 1.29 is 4.74 Å². The first kappa shape index (κ1) is 12.3. The van der Waals surface area contributed by atoms with Crippen LogP contribution in [0.25, 0.3) is 0 Å². The highest BCUT2D eigenvalue weighted by Crippen LogP contribution is 2.27. The summed E-state index contributed by atoms with van der Waals surface area (Å²) < 4.78 is 5.40. The molecule has 2 heterocycles. The quantitative estimate of drug-likeness (QED) is 0.668. The molecule has 0 bridgehead atoms. The van der Waals surface area contributed by atoms with E-state index in [0.717, 1.165) is 39.3 Å². The molecule has 94 valence electrons. The van der Waals surface area contributed by atoms with E-state index in [1.165, 1.54) is 12.8 Å². The Morgan fingerprint density at radius 3 is 2.44 bits per heavy atom. The zero-order valence-electron chi connectivity index (χ0n) is 10.5. The van der Waals surface area contributed by atoms with E-state index in [0.29, 0.717) is 0 Å². The Balaban J connectivity index is 2.09. The molecule has 0 saturated carbocycles. The topological polar surface area (TPSA) is 45.0 Å². The smallest absolute Gasteiger partial charge is 0.138 e. The Bertz CT molecular complexity index is 230. The molecular formula is C11H24N4O. The van der Waals surface area contributed by atoms with Crippen molar-refractivity contribution in [2.45, 2.75) is 25.0 Å². The summed E-state index contributed by atoms with van der Waals surface area (Å²) >= 11 is 0. The van der Waals surface area contributed by atoms with Gasteiger partial charge in [-0.1, -0.05) is 0 Å². The Labute approximate surface area is 98.1 Å². The standard InChI is InChI=1S/C11H24N4O/c1-13(2)11(12)5-3-4-6-15(11)14-7-9-16-10-8-14/h3-10,12H2,1-2H3. The molecule has 2 aliphatic rings. The van der Waals surface area contributed by atoms with E-state index in [1.54, 1.807) is 0 Å². The monoisotopic (exact) mass is 228 g/mol. The summed E-state index contributed by atoms with van der Waals surface area (Å²) in [4.78, 5) is 2.14. The second kappa shape index (κ2) is 4.98. The highest BCUT2D eigenvalue weighted by Gasteiger charge is 2.40. The van der Waals surface area contributed by atoms with Crippen LogP contribution in [0, 0.1) is 0 Å². The van der Waals surface area contributed by atoms with Crippen LogP contribution in [0.5, 0.6) is 0 Å². The van der Waals surface area contributed by atoms with Crippen LogP contribution in [0.4, 0.5) is 0 Å². The van der Waals surface area contributed by atoms with E-state index >= 15 is 0 Å². The normalized spacial score (nSPS) is 34.5. The maximum atomic E-state index is 6.55. The fraction of sp³-hybridized carbons (Fsp3) is 1.00. The van der Waals surface area contributed by atoms with Crippen molar-refractivity contribution in [2.75, 3.05) is 46.9 Å². The molecule has 5 heteroatoms. The number of hydrazine groups is 1. The van der Waals surface area contributed by atoms with Gasteiger partial charge in [0.15, 0.2) is 0 Å². The number of nitrogens with two attached hydrogens (primary N) is 1. The van der Waals surface area contributed by atoms with Gasteiger partial charge in [0, 0.05) is 19.6 Å². The summed E-state index contributed by atoms with van der Waals surface area (Å²) in [5.41, 5.74) is 6.55. The molecule has 0 aromatic heterocycles. The molecule has 0 amide bonds. The van der Waals surface area contributed by atoms with Crippen molar-refractivity contribution in [3.8, 4) is 0 Å². The summed E-state index contributed by atoms with van der Waals surface area (Å²) in [5, 5.41) is 4.71. The number of ether oxygens (including phenoxy) is 1. The van der Waals surface area contributed by atoms with E-state index in [1.807, 2.05) is 0 Å². The van der Waals surface area contributed by atoms with Crippen LogP contribution >= 0.6 is 0 Å². The molecular weight excluding hydrogens is 204 g/mol. The molecule has 2 N–H and O–H groups in total. The van der Waals surface area contributed by atoms with Gasteiger partial charge in [-0.05, 0) is 33.4 Å². The predicted molar refractivity (Wildman–Crippen MR) is 63.6 cm³/mol. The molecule has 16 heavy (non-hydrogen) atoms. The lowest BCUT2D eigenvalue weighted by molar-refractivity contribution is -0.203. The summed E-state index contributed by atoms with van der Waals surface area (Å²) in [6.45, 7) is 4.63. The molecule has 0 radical (unpaired) electrons. The van der Waals surface area contributed by atoms with Crippen LogP contribution in [0.15, 0.2) is 0 Å². The molecule has 1 unspecified atom stereocenters. The van der Waals surface area contributed by atoms with Crippen LogP contribution in [0.1, 0.15) is 19.3 Å². The van der Waals surface area contributed by atoms with Crippen LogP contribution in [0.3, 0.4) is 0 Å². The Morgan fingerprint density at radius 1 is 1.12 bits per heavy atom. The van der Waals surface area contributed by atoms with Gasteiger partial charge in [0.05, 0.1) is 13.2 Å². The number of hydrogen-bond acceptors (Lipinski definition) is 5. The van der Waals surface area contributed by atoms with E-state index in [9.17, 15) is 0 Å². The summed E-state index contributed by atoms with van der Waals surface area (Å²) in [5.74, 6) is -0.310. The molecule has 0 aromatic rings. The first-order valence-electron chi connectivity index (χ1n) is 6.21. The molecule has 1 atom stereocenters. The molecule has 0 aliphatic carbocycles. The lowest BCUT2D eigenvalue weighted by Gasteiger charge is -2.53. The number of morpholine rings is 1. The Hall–Kier alpha value is -0.200. The average Bonchev–Trinajstić information content (AvgIpc) is 2.30. The average molecular weight is 228 g/mol. The van der Waals surface area contributed by atoms with E-state index < -0.39 is 0 Å². The molecule has 5 nitrogen and oxygen atoms in total. The lowest BCUT2D eigenvalue weighted by Crippen LogP contribution is -2.71. The molecule has 0 aromatic carbocycles. The van der Waals surface area contributed by atoms with Gasteiger partial charge in [-0.2, -0.15) is 0 Å². The fourth-order valence-electron chi connectivity index (χ4n) is 2.61. The summed E-state index contributed by atoms with van der Waals surface area (Å²) in [6.07, 6.45) is 3.50. The van der Waals surface area contributed by atoms with Crippen LogP contribution < -0.4 is 5.73 Å². The van der Waals surface area contributed by atoms with E-state index in [2.05, 4.69) is 29.0 Å².